The third-order valence-corrected chi connectivity index (χ3v) is 3.18. The van der Waals surface area contributed by atoms with Crippen LogP contribution < -0.4 is 0 Å². The molecule has 0 radical (unpaired) electrons. The van der Waals surface area contributed by atoms with Crippen LogP contribution in [-0.2, 0) is 11.2 Å². The zero-order valence-electron chi connectivity index (χ0n) is 7.79. The molecule has 0 amide bonds. The molecule has 0 bridgehead atoms. The van der Waals surface area contributed by atoms with Crippen molar-refractivity contribution in [3.05, 3.63) is 28.2 Å². The first-order valence-electron chi connectivity index (χ1n) is 4.17. The van der Waals surface area contributed by atoms with E-state index in [1.165, 1.54) is 0 Å². The third-order valence-electron chi connectivity index (χ3n) is 1.85. The molecule has 76 valence electrons. The molecular weight excluding hydrogens is 264 g/mol. The zero-order chi connectivity index (χ0) is 10.6. The molecule has 0 aliphatic rings. The lowest BCUT2D eigenvalue weighted by atomic mass is 10.1. The van der Waals surface area contributed by atoms with Crippen molar-refractivity contribution in [2.24, 2.45) is 0 Å². The van der Waals surface area contributed by atoms with E-state index in [1.54, 1.807) is 11.8 Å². The molecule has 0 spiro atoms. The predicted octanol–water partition coefficient (Wildman–Crippen LogP) is 3.19. The van der Waals surface area contributed by atoms with Crippen molar-refractivity contribution in [2.75, 3.05) is 6.26 Å². The van der Waals surface area contributed by atoms with Crippen molar-refractivity contribution in [1.29, 1.82) is 0 Å². The number of aliphatic carboxylic acids is 1. The Bertz CT molecular complexity index is 339. The number of hydrogen-bond donors (Lipinski definition) is 1. The molecule has 1 N–H and O–H groups in total. The van der Waals surface area contributed by atoms with E-state index >= 15 is 0 Å². The first kappa shape index (κ1) is 11.6. The van der Waals surface area contributed by atoms with E-state index in [0.29, 0.717) is 6.42 Å². The summed E-state index contributed by atoms with van der Waals surface area (Å²) in [6, 6.07) is 5.96. The number of rotatable bonds is 4. The Hall–Kier alpha value is -0.480. The van der Waals surface area contributed by atoms with Crippen LogP contribution in [0, 0.1) is 0 Å². The Morgan fingerprint density at radius 2 is 2.29 bits per heavy atom. The number of carbonyl (C=O) groups is 1. The number of thioether (sulfide) groups is 1. The molecule has 0 saturated carbocycles. The summed E-state index contributed by atoms with van der Waals surface area (Å²) >= 11 is 5.02. The quantitative estimate of drug-likeness (QED) is 0.857. The molecule has 0 aliphatic carbocycles. The fourth-order valence-electron chi connectivity index (χ4n) is 1.18. The van der Waals surface area contributed by atoms with Gasteiger partial charge in [0.15, 0.2) is 0 Å². The highest BCUT2D eigenvalue weighted by Crippen LogP contribution is 2.25. The van der Waals surface area contributed by atoms with E-state index < -0.39 is 5.97 Å². The van der Waals surface area contributed by atoms with Crippen LogP contribution in [0.4, 0.5) is 0 Å². The summed E-state index contributed by atoms with van der Waals surface area (Å²) in [5.41, 5.74) is 1.09. The molecule has 14 heavy (non-hydrogen) atoms. The average molecular weight is 275 g/mol. The van der Waals surface area contributed by atoms with Crippen LogP contribution in [-0.4, -0.2) is 17.3 Å². The number of carboxylic acid groups (broad SMARTS) is 1. The summed E-state index contributed by atoms with van der Waals surface area (Å²) in [4.78, 5) is 11.6. The van der Waals surface area contributed by atoms with Crippen molar-refractivity contribution in [1.82, 2.24) is 0 Å². The van der Waals surface area contributed by atoms with Gasteiger partial charge in [0, 0.05) is 15.8 Å². The molecule has 1 aromatic rings. The first-order chi connectivity index (χ1) is 6.63. The summed E-state index contributed by atoms with van der Waals surface area (Å²) in [7, 11) is 0. The van der Waals surface area contributed by atoms with Crippen LogP contribution in [0.2, 0.25) is 0 Å². The summed E-state index contributed by atoms with van der Waals surface area (Å²) in [5.74, 6) is -0.753. The van der Waals surface area contributed by atoms with E-state index in [-0.39, 0.29) is 6.42 Å². The Morgan fingerprint density at radius 3 is 2.86 bits per heavy atom. The molecule has 0 fully saturated rings. The first-order valence-corrected chi connectivity index (χ1v) is 6.19. The molecule has 1 aromatic carbocycles. The summed E-state index contributed by atoms with van der Waals surface area (Å²) < 4.78 is 0.996. The van der Waals surface area contributed by atoms with Gasteiger partial charge in [0.05, 0.1) is 0 Å². The zero-order valence-corrected chi connectivity index (χ0v) is 10.2. The SMILES string of the molecule is CSc1ccc(Br)cc1CCC(=O)O. The number of aryl methyl sites for hydroxylation is 1. The lowest BCUT2D eigenvalue weighted by Gasteiger charge is -2.06. The predicted molar refractivity (Wildman–Crippen MR) is 61.9 cm³/mol. The number of benzene rings is 1. The summed E-state index contributed by atoms with van der Waals surface area (Å²) in [5, 5.41) is 8.59. The lowest BCUT2D eigenvalue weighted by molar-refractivity contribution is -0.136. The highest BCUT2D eigenvalue weighted by atomic mass is 79.9. The topological polar surface area (TPSA) is 37.3 Å². The maximum absolute atomic E-state index is 10.4. The van der Waals surface area contributed by atoms with E-state index in [0.717, 1.165) is 14.9 Å². The van der Waals surface area contributed by atoms with Crippen molar-refractivity contribution >= 4 is 33.7 Å². The molecule has 0 atom stereocenters. The molecule has 0 unspecified atom stereocenters. The second-order valence-electron chi connectivity index (χ2n) is 2.85. The number of hydrogen-bond acceptors (Lipinski definition) is 2. The molecule has 0 aromatic heterocycles. The van der Waals surface area contributed by atoms with Crippen molar-refractivity contribution < 1.29 is 9.90 Å². The largest absolute Gasteiger partial charge is 0.481 e. The van der Waals surface area contributed by atoms with Gasteiger partial charge in [-0.1, -0.05) is 15.9 Å². The highest BCUT2D eigenvalue weighted by molar-refractivity contribution is 9.10. The second kappa shape index (κ2) is 5.41. The molecule has 2 nitrogen and oxygen atoms in total. The van der Waals surface area contributed by atoms with E-state index in [1.807, 2.05) is 24.5 Å². The van der Waals surface area contributed by atoms with Crippen LogP contribution in [0.15, 0.2) is 27.6 Å². The Labute approximate surface area is 95.8 Å². The molecule has 0 heterocycles. The smallest absolute Gasteiger partial charge is 0.303 e. The molecule has 0 aliphatic heterocycles. The monoisotopic (exact) mass is 274 g/mol. The van der Waals surface area contributed by atoms with Crippen LogP contribution in [0.5, 0.6) is 0 Å². The van der Waals surface area contributed by atoms with Gasteiger partial charge in [0.25, 0.3) is 0 Å². The minimum Gasteiger partial charge on any atom is -0.481 e. The molecule has 4 heteroatoms. The third kappa shape index (κ3) is 3.35. The minimum atomic E-state index is -0.753. The van der Waals surface area contributed by atoms with Gasteiger partial charge in [0.1, 0.15) is 0 Å². The van der Waals surface area contributed by atoms with Gasteiger partial charge in [-0.05, 0) is 36.4 Å². The maximum atomic E-state index is 10.4. The fraction of sp³-hybridized carbons (Fsp3) is 0.300. The Morgan fingerprint density at radius 1 is 1.57 bits per heavy atom. The van der Waals surface area contributed by atoms with Gasteiger partial charge >= 0.3 is 5.97 Å². The van der Waals surface area contributed by atoms with Gasteiger partial charge in [-0.15, -0.1) is 11.8 Å². The lowest BCUT2D eigenvalue weighted by Crippen LogP contribution is -1.98. The normalized spacial score (nSPS) is 10.1. The maximum Gasteiger partial charge on any atom is 0.303 e. The van der Waals surface area contributed by atoms with E-state index in [9.17, 15) is 4.79 Å². The average Bonchev–Trinajstić information content (AvgIpc) is 2.15. The standard InChI is InChI=1S/C10H11BrO2S/c1-14-9-4-3-8(11)6-7(9)2-5-10(12)13/h3-4,6H,2,5H2,1H3,(H,12,13). The second-order valence-corrected chi connectivity index (χ2v) is 4.61. The van der Waals surface area contributed by atoms with E-state index in [4.69, 9.17) is 5.11 Å². The Kier molecular flexibility index (Phi) is 4.48. The summed E-state index contributed by atoms with van der Waals surface area (Å²) in [6.07, 6.45) is 2.77. The van der Waals surface area contributed by atoms with Gasteiger partial charge in [0.2, 0.25) is 0 Å². The Balaban J connectivity index is 2.82. The highest BCUT2D eigenvalue weighted by Gasteiger charge is 2.04. The van der Waals surface area contributed by atoms with Crippen molar-refractivity contribution in [2.45, 2.75) is 17.7 Å². The minimum absolute atomic E-state index is 0.185. The molecule has 0 saturated heterocycles. The molecular formula is C10H11BrO2S. The summed E-state index contributed by atoms with van der Waals surface area (Å²) in [6.45, 7) is 0. The fourth-order valence-corrected chi connectivity index (χ4v) is 2.22. The van der Waals surface area contributed by atoms with Gasteiger partial charge in [-0.3, -0.25) is 4.79 Å². The van der Waals surface area contributed by atoms with E-state index in [2.05, 4.69) is 15.9 Å². The van der Waals surface area contributed by atoms with Gasteiger partial charge < -0.3 is 5.11 Å². The van der Waals surface area contributed by atoms with Crippen molar-refractivity contribution in [3.63, 3.8) is 0 Å². The van der Waals surface area contributed by atoms with Gasteiger partial charge in [-0.25, -0.2) is 0 Å². The van der Waals surface area contributed by atoms with Crippen LogP contribution >= 0.6 is 27.7 Å². The molecule has 1 rings (SSSR count). The number of carboxylic acids is 1. The van der Waals surface area contributed by atoms with Crippen LogP contribution in [0.1, 0.15) is 12.0 Å². The van der Waals surface area contributed by atoms with Crippen LogP contribution in [0.3, 0.4) is 0 Å². The van der Waals surface area contributed by atoms with Gasteiger partial charge in [-0.2, -0.15) is 0 Å². The van der Waals surface area contributed by atoms with Crippen LogP contribution in [0.25, 0.3) is 0 Å². The number of halogens is 1. The van der Waals surface area contributed by atoms with Crippen molar-refractivity contribution in [3.8, 4) is 0 Å².